The van der Waals surface area contributed by atoms with Gasteiger partial charge in [-0.15, -0.1) is 0 Å². The van der Waals surface area contributed by atoms with Crippen molar-refractivity contribution >= 4 is 21.8 Å². The maximum Gasteiger partial charge on any atom is 0.140 e. The van der Waals surface area contributed by atoms with E-state index in [2.05, 4.69) is 4.98 Å². The highest BCUT2D eigenvalue weighted by atomic mass is 16.5. The van der Waals surface area contributed by atoms with Gasteiger partial charge in [0.15, 0.2) is 0 Å². The highest BCUT2D eigenvalue weighted by Gasteiger charge is 2.06. The molecule has 0 fully saturated rings. The Morgan fingerprint density at radius 1 is 1.29 bits per heavy atom. The van der Waals surface area contributed by atoms with Gasteiger partial charge in [0.25, 0.3) is 0 Å². The van der Waals surface area contributed by atoms with E-state index in [1.165, 1.54) is 6.20 Å². The molecule has 4 heteroatoms. The van der Waals surface area contributed by atoms with Crippen LogP contribution in [-0.2, 0) is 0 Å². The van der Waals surface area contributed by atoms with Crippen molar-refractivity contribution in [2.75, 3.05) is 0 Å². The molecule has 2 aromatic heterocycles. The monoisotopic (exact) mass is 188 g/mol. The summed E-state index contributed by atoms with van der Waals surface area (Å²) in [4.78, 5) is 2.92. The minimum absolute atomic E-state index is 0.229. The van der Waals surface area contributed by atoms with Gasteiger partial charge in [0.1, 0.15) is 5.75 Å². The Balaban J connectivity index is 2.56. The topological polar surface area (TPSA) is 61.2 Å². The van der Waals surface area contributed by atoms with Crippen molar-refractivity contribution in [1.82, 2.24) is 9.71 Å². The van der Waals surface area contributed by atoms with Crippen LogP contribution in [0, 0.1) is 0 Å². The van der Waals surface area contributed by atoms with E-state index in [0.29, 0.717) is 0 Å². The van der Waals surface area contributed by atoms with E-state index in [1.54, 1.807) is 18.3 Å². The quantitative estimate of drug-likeness (QED) is 0.473. The molecule has 0 spiro atoms. The van der Waals surface area contributed by atoms with Crippen molar-refractivity contribution in [3.05, 3.63) is 30.6 Å². The lowest BCUT2D eigenvalue weighted by Crippen LogP contribution is -1.85. The number of nitrogens with one attached hydrogen (secondary N) is 1. The first-order valence-electron chi connectivity index (χ1n) is 4.26. The van der Waals surface area contributed by atoms with E-state index in [1.807, 2.05) is 6.07 Å². The molecule has 0 aliphatic carbocycles. The van der Waals surface area contributed by atoms with Crippen LogP contribution in [0.25, 0.3) is 21.8 Å². The molecule has 0 amide bonds. The van der Waals surface area contributed by atoms with Crippen molar-refractivity contribution < 1.29 is 10.3 Å². The fraction of sp³-hybridized carbons (Fsp3) is 0. The number of H-pyrrole nitrogens is 1. The number of aromatic nitrogens is 2. The third-order valence-electron chi connectivity index (χ3n) is 2.45. The van der Waals surface area contributed by atoms with Gasteiger partial charge in [0.05, 0.1) is 11.0 Å². The van der Waals surface area contributed by atoms with Crippen molar-refractivity contribution in [3.63, 3.8) is 0 Å². The molecule has 0 saturated carbocycles. The van der Waals surface area contributed by atoms with Gasteiger partial charge in [-0.25, -0.2) is 0 Å². The molecule has 0 aliphatic heterocycles. The molecule has 3 N–H and O–H groups in total. The number of fused-ring (bicyclic) bond motifs is 2. The fourth-order valence-corrected chi connectivity index (χ4v) is 1.72. The standard InChI is InChI=1S/C10H8N2O2/c13-10-5-11-8-4-9-6(3-7(8)10)1-2-12(9)14/h1-5,11,13-14H. The highest BCUT2D eigenvalue weighted by molar-refractivity contribution is 5.98. The smallest absolute Gasteiger partial charge is 0.140 e. The number of rotatable bonds is 0. The summed E-state index contributed by atoms with van der Waals surface area (Å²) >= 11 is 0. The summed E-state index contributed by atoms with van der Waals surface area (Å²) in [6.45, 7) is 0. The predicted octanol–water partition coefficient (Wildman–Crippen LogP) is 2.07. The summed E-state index contributed by atoms with van der Waals surface area (Å²) in [6, 6.07) is 5.43. The highest BCUT2D eigenvalue weighted by Crippen LogP contribution is 2.28. The lowest BCUT2D eigenvalue weighted by molar-refractivity contribution is 0.200. The normalized spacial score (nSPS) is 11.4. The van der Waals surface area contributed by atoms with Gasteiger partial charge in [-0.3, -0.25) is 0 Å². The Bertz CT molecular complexity index is 565. The van der Waals surface area contributed by atoms with E-state index in [9.17, 15) is 10.3 Å². The molecule has 0 bridgehead atoms. The van der Waals surface area contributed by atoms with E-state index < -0.39 is 0 Å². The zero-order valence-corrected chi connectivity index (χ0v) is 7.23. The molecule has 0 unspecified atom stereocenters. The molecule has 0 radical (unpaired) electrons. The van der Waals surface area contributed by atoms with Gasteiger partial charge < -0.3 is 15.3 Å². The Hall–Kier alpha value is -2.10. The number of benzene rings is 1. The second-order valence-corrected chi connectivity index (χ2v) is 3.29. The lowest BCUT2D eigenvalue weighted by Gasteiger charge is -1.95. The third kappa shape index (κ3) is 0.771. The minimum Gasteiger partial charge on any atom is -0.506 e. The maximum atomic E-state index is 9.48. The van der Waals surface area contributed by atoms with Crippen LogP contribution >= 0.6 is 0 Å². The summed E-state index contributed by atoms with van der Waals surface area (Å²) in [5.41, 5.74) is 1.53. The first-order valence-corrected chi connectivity index (χ1v) is 4.26. The summed E-state index contributed by atoms with van der Waals surface area (Å²) in [6.07, 6.45) is 3.10. The number of aromatic amines is 1. The zero-order valence-electron chi connectivity index (χ0n) is 7.23. The first kappa shape index (κ1) is 7.32. The van der Waals surface area contributed by atoms with Crippen LogP contribution < -0.4 is 0 Å². The van der Waals surface area contributed by atoms with Gasteiger partial charge in [0.2, 0.25) is 0 Å². The molecule has 3 aromatic rings. The second-order valence-electron chi connectivity index (χ2n) is 3.29. The second kappa shape index (κ2) is 2.23. The summed E-state index contributed by atoms with van der Waals surface area (Å²) < 4.78 is 1.06. The molecule has 0 aliphatic rings. The lowest BCUT2D eigenvalue weighted by atomic mass is 10.2. The third-order valence-corrected chi connectivity index (χ3v) is 2.45. The number of aromatic hydroxyl groups is 1. The Morgan fingerprint density at radius 2 is 2.14 bits per heavy atom. The Labute approximate surface area is 79.0 Å². The van der Waals surface area contributed by atoms with Crippen LogP contribution in [0.3, 0.4) is 0 Å². The van der Waals surface area contributed by atoms with Gasteiger partial charge in [-0.2, -0.15) is 4.73 Å². The van der Waals surface area contributed by atoms with Gasteiger partial charge in [-0.05, 0) is 18.2 Å². The Morgan fingerprint density at radius 3 is 3.00 bits per heavy atom. The molecule has 4 nitrogen and oxygen atoms in total. The first-order chi connectivity index (χ1) is 6.75. The van der Waals surface area contributed by atoms with Crippen LogP contribution in [0.2, 0.25) is 0 Å². The molecule has 0 atom stereocenters. The largest absolute Gasteiger partial charge is 0.506 e. The van der Waals surface area contributed by atoms with Gasteiger partial charge in [-0.1, -0.05) is 0 Å². The van der Waals surface area contributed by atoms with Crippen LogP contribution in [0.1, 0.15) is 0 Å². The predicted molar refractivity (Wildman–Crippen MR) is 52.6 cm³/mol. The minimum atomic E-state index is 0.229. The van der Waals surface area contributed by atoms with Crippen molar-refractivity contribution in [2.24, 2.45) is 0 Å². The van der Waals surface area contributed by atoms with E-state index in [-0.39, 0.29) is 5.75 Å². The molecule has 0 saturated heterocycles. The van der Waals surface area contributed by atoms with Crippen molar-refractivity contribution in [1.29, 1.82) is 0 Å². The van der Waals surface area contributed by atoms with Gasteiger partial charge >= 0.3 is 0 Å². The number of hydrogen-bond acceptors (Lipinski definition) is 2. The molecular weight excluding hydrogens is 180 g/mol. The molecular formula is C10H8N2O2. The van der Waals surface area contributed by atoms with Crippen LogP contribution in [-0.4, -0.2) is 20.0 Å². The molecule has 2 heterocycles. The zero-order chi connectivity index (χ0) is 9.71. The van der Waals surface area contributed by atoms with Crippen LogP contribution in [0.4, 0.5) is 0 Å². The van der Waals surface area contributed by atoms with E-state index in [4.69, 9.17) is 0 Å². The SMILES string of the molecule is Oc1c[nH]c2cc3c(ccn3O)cc12. The van der Waals surface area contributed by atoms with Crippen molar-refractivity contribution in [2.45, 2.75) is 0 Å². The van der Waals surface area contributed by atoms with Crippen LogP contribution in [0.15, 0.2) is 30.6 Å². The van der Waals surface area contributed by atoms with E-state index in [0.717, 1.165) is 26.5 Å². The van der Waals surface area contributed by atoms with Gasteiger partial charge in [0, 0.05) is 23.2 Å². The van der Waals surface area contributed by atoms with E-state index >= 15 is 0 Å². The van der Waals surface area contributed by atoms with Crippen LogP contribution in [0.5, 0.6) is 5.75 Å². The summed E-state index contributed by atoms with van der Waals surface area (Å²) in [7, 11) is 0. The molecule has 1 aromatic carbocycles. The number of hydrogen-bond donors (Lipinski definition) is 3. The molecule has 3 rings (SSSR count). The molecule has 14 heavy (non-hydrogen) atoms. The summed E-state index contributed by atoms with van der Waals surface area (Å²) in [5.74, 6) is 0.229. The Kier molecular flexibility index (Phi) is 1.16. The maximum absolute atomic E-state index is 9.48. The summed E-state index contributed by atoms with van der Waals surface area (Å²) in [5, 5.41) is 20.6. The average molecular weight is 188 g/mol. The van der Waals surface area contributed by atoms with Crippen molar-refractivity contribution in [3.8, 4) is 5.75 Å². The molecule has 70 valence electrons. The fourth-order valence-electron chi connectivity index (χ4n) is 1.72. The number of nitrogens with zero attached hydrogens (tertiary/aromatic N) is 1. The average Bonchev–Trinajstić information content (AvgIpc) is 2.71.